The molecule has 5 heterocycles. The van der Waals surface area contributed by atoms with E-state index in [1.54, 1.807) is 34.5 Å². The van der Waals surface area contributed by atoms with E-state index in [4.69, 9.17) is 19.3 Å². The molecule has 50 heavy (non-hydrogen) atoms. The molecule has 5 aromatic rings. The largest absolute Gasteiger partial charge is 0.487 e. The molecule has 260 valence electrons. The van der Waals surface area contributed by atoms with Crippen LogP contribution in [0.5, 0.6) is 11.6 Å². The molecule has 1 aliphatic carbocycles. The van der Waals surface area contributed by atoms with Gasteiger partial charge in [0.15, 0.2) is 0 Å². The summed E-state index contributed by atoms with van der Waals surface area (Å²) in [6, 6.07) is 8.54. The zero-order valence-electron chi connectivity index (χ0n) is 28.0. The molecule has 1 aliphatic heterocycles. The van der Waals surface area contributed by atoms with Crippen molar-refractivity contribution < 1.29 is 14.2 Å². The number of aromatic nitrogens is 9. The zero-order chi connectivity index (χ0) is 34.1. The molecule has 0 amide bonds. The lowest BCUT2D eigenvalue weighted by Crippen LogP contribution is -2.45. The Labute approximate surface area is 294 Å². The van der Waals surface area contributed by atoms with Gasteiger partial charge in [-0.2, -0.15) is 5.26 Å². The fourth-order valence-corrected chi connectivity index (χ4v) is 7.15. The van der Waals surface area contributed by atoms with Crippen LogP contribution in [0.4, 0.5) is 11.6 Å². The lowest BCUT2D eigenvalue weighted by atomic mass is 9.90. The van der Waals surface area contributed by atoms with E-state index in [0.717, 1.165) is 86.7 Å². The van der Waals surface area contributed by atoms with E-state index < -0.39 is 0 Å². The van der Waals surface area contributed by atoms with E-state index in [1.807, 2.05) is 36.8 Å². The number of benzene rings is 1. The maximum atomic E-state index is 9.68. The number of anilines is 2. The highest BCUT2D eigenvalue weighted by Crippen LogP contribution is 2.35. The van der Waals surface area contributed by atoms with Gasteiger partial charge in [0.2, 0.25) is 5.95 Å². The molecule has 1 N–H and O–H groups in total. The fourth-order valence-electron chi connectivity index (χ4n) is 6.49. The molecule has 0 unspecified atom stereocenters. The van der Waals surface area contributed by atoms with Crippen molar-refractivity contribution in [2.45, 2.75) is 70.2 Å². The Bertz CT molecular complexity index is 1830. The van der Waals surface area contributed by atoms with Gasteiger partial charge in [0, 0.05) is 55.1 Å². The van der Waals surface area contributed by atoms with Crippen molar-refractivity contribution in [2.24, 2.45) is 0 Å². The maximum Gasteiger partial charge on any atom is 0.256 e. The van der Waals surface area contributed by atoms with Crippen LogP contribution in [0.2, 0.25) is 0 Å². The molecule has 7 rings (SSSR count). The lowest BCUT2D eigenvalue weighted by molar-refractivity contribution is 0.00503. The van der Waals surface area contributed by atoms with Gasteiger partial charge in [-0.05, 0) is 67.2 Å². The van der Waals surface area contributed by atoms with Crippen molar-refractivity contribution in [2.75, 3.05) is 38.2 Å². The number of tetrazole rings is 1. The van der Waals surface area contributed by atoms with Gasteiger partial charge in [-0.1, -0.05) is 6.07 Å². The van der Waals surface area contributed by atoms with Gasteiger partial charge < -0.3 is 19.5 Å². The van der Waals surface area contributed by atoms with Crippen LogP contribution >= 0.6 is 11.3 Å². The van der Waals surface area contributed by atoms with Gasteiger partial charge >= 0.3 is 0 Å². The van der Waals surface area contributed by atoms with E-state index in [0.29, 0.717) is 48.4 Å². The van der Waals surface area contributed by atoms with Crippen LogP contribution in [-0.2, 0) is 17.7 Å². The molecule has 2 aliphatic rings. The van der Waals surface area contributed by atoms with Crippen LogP contribution in [0.3, 0.4) is 0 Å². The number of nitrogens with zero attached hydrogens (tertiary/aromatic N) is 11. The summed E-state index contributed by atoms with van der Waals surface area (Å²) >= 11 is 1.66. The molecule has 1 saturated heterocycles. The van der Waals surface area contributed by atoms with Crippen LogP contribution in [-0.4, -0.2) is 94.9 Å². The second kappa shape index (κ2) is 16.2. The van der Waals surface area contributed by atoms with E-state index in [2.05, 4.69) is 51.4 Å². The van der Waals surface area contributed by atoms with Crippen LogP contribution in [0.15, 0.2) is 54.7 Å². The Morgan fingerprint density at radius 1 is 1.08 bits per heavy atom. The number of morpholine rings is 1. The van der Waals surface area contributed by atoms with Crippen molar-refractivity contribution in [1.29, 1.82) is 5.26 Å². The smallest absolute Gasteiger partial charge is 0.256 e. The van der Waals surface area contributed by atoms with E-state index in [1.165, 1.54) is 6.33 Å². The van der Waals surface area contributed by atoms with Crippen molar-refractivity contribution in [1.82, 2.24) is 49.8 Å². The molecule has 16 heteroatoms. The summed E-state index contributed by atoms with van der Waals surface area (Å²) in [5, 5.41) is 32.3. The van der Waals surface area contributed by atoms with Crippen LogP contribution < -0.4 is 14.8 Å². The van der Waals surface area contributed by atoms with E-state index >= 15 is 0 Å². The summed E-state index contributed by atoms with van der Waals surface area (Å²) in [6.07, 6.45) is 14.7. The molecular formula is C34H40N12O3S. The molecular weight excluding hydrogens is 657 g/mol. The number of rotatable bonds is 14. The van der Waals surface area contributed by atoms with Crippen LogP contribution in [0, 0.1) is 11.3 Å². The number of thiazole rings is 1. The number of nitriles is 1. The Morgan fingerprint density at radius 3 is 2.64 bits per heavy atom. The van der Waals surface area contributed by atoms with Gasteiger partial charge in [-0.15, -0.1) is 21.5 Å². The molecule has 15 nitrogen and oxygen atoms in total. The number of hydrogen-bond donors (Lipinski definition) is 1. The molecule has 2 fully saturated rings. The average Bonchev–Trinajstić information content (AvgIpc) is 3.95. The Balaban J connectivity index is 1.03. The first-order chi connectivity index (χ1) is 24.6. The third-order valence-electron chi connectivity index (χ3n) is 9.06. The van der Waals surface area contributed by atoms with Crippen molar-refractivity contribution in [3.8, 4) is 28.8 Å². The van der Waals surface area contributed by atoms with Gasteiger partial charge in [-0.25, -0.2) is 19.6 Å². The number of ether oxygens (including phenoxy) is 3. The molecule has 1 atom stereocenters. The predicted molar refractivity (Wildman–Crippen MR) is 185 cm³/mol. The SMILES string of the molecule is C[C@@H](Cn1cnnn1)Oc1cc(-c2cnc(Nc3cn([C@H]4CC[C@H](N5CCOCC5)CC4)nc3OCCCc3nccs3)nc2)ccc1C#N. The van der Waals surface area contributed by atoms with Crippen molar-refractivity contribution >= 4 is 23.0 Å². The highest BCUT2D eigenvalue weighted by Gasteiger charge is 2.29. The average molecular weight is 697 g/mol. The molecule has 0 radical (unpaired) electrons. The highest BCUT2D eigenvalue weighted by molar-refractivity contribution is 7.09. The molecule has 0 bridgehead atoms. The molecule has 4 aromatic heterocycles. The zero-order valence-corrected chi connectivity index (χ0v) is 28.8. The minimum Gasteiger partial charge on any atom is -0.487 e. The lowest BCUT2D eigenvalue weighted by Gasteiger charge is -2.38. The predicted octanol–water partition coefficient (Wildman–Crippen LogP) is 4.69. The van der Waals surface area contributed by atoms with E-state index in [-0.39, 0.29) is 6.10 Å². The standard InChI is InChI=1S/C34H40N12O3S/c1-24(21-45-23-39-42-43-45)49-31-17-25(4-5-26(31)18-35)27-19-37-34(38-20-27)40-30-22-46(41-33(30)48-13-2-3-32-36-10-16-50-32)29-8-6-28(7-9-29)44-11-14-47-15-12-44/h4-5,10,16-17,19-20,22-24,28-29H,2-3,6-9,11-15,21H2,1H3,(H,37,38,40)/t24-,28-,29-/m0/s1. The Hall–Kier alpha value is -4.98. The minimum atomic E-state index is -0.270. The normalized spacial score (nSPS) is 18.7. The summed E-state index contributed by atoms with van der Waals surface area (Å²) in [4.78, 5) is 16.2. The van der Waals surface area contributed by atoms with Gasteiger partial charge in [0.05, 0.1) is 49.2 Å². The van der Waals surface area contributed by atoms with E-state index in [9.17, 15) is 5.26 Å². The van der Waals surface area contributed by atoms with Crippen molar-refractivity contribution in [3.05, 3.63) is 65.3 Å². The molecule has 1 aromatic carbocycles. The third-order valence-corrected chi connectivity index (χ3v) is 9.89. The second-order valence-corrected chi connectivity index (χ2v) is 13.5. The van der Waals surface area contributed by atoms with Crippen molar-refractivity contribution in [3.63, 3.8) is 0 Å². The summed E-state index contributed by atoms with van der Waals surface area (Å²) in [5.41, 5.74) is 2.77. The summed E-state index contributed by atoms with van der Waals surface area (Å²) in [7, 11) is 0. The topological polar surface area (TPSA) is 167 Å². The molecule has 1 saturated carbocycles. The number of aryl methyl sites for hydroxylation is 1. The Morgan fingerprint density at radius 2 is 1.90 bits per heavy atom. The maximum absolute atomic E-state index is 9.68. The van der Waals surface area contributed by atoms with Gasteiger partial charge in [0.25, 0.3) is 5.88 Å². The van der Waals surface area contributed by atoms with Gasteiger partial charge in [0.1, 0.15) is 29.9 Å². The quantitative estimate of drug-likeness (QED) is 0.159. The summed E-state index contributed by atoms with van der Waals surface area (Å²) in [6.45, 7) is 6.55. The first-order valence-electron chi connectivity index (χ1n) is 17.0. The highest BCUT2D eigenvalue weighted by atomic mass is 32.1. The Kier molecular flexibility index (Phi) is 10.8. The summed E-state index contributed by atoms with van der Waals surface area (Å²) < 4.78 is 21.6. The first kappa shape index (κ1) is 33.5. The first-order valence-corrected chi connectivity index (χ1v) is 17.9. The number of nitrogens with one attached hydrogen (secondary N) is 1. The van der Waals surface area contributed by atoms with Crippen LogP contribution in [0.1, 0.15) is 55.6 Å². The summed E-state index contributed by atoms with van der Waals surface area (Å²) in [5.74, 6) is 1.43. The second-order valence-electron chi connectivity index (χ2n) is 12.5. The minimum absolute atomic E-state index is 0.270. The fraction of sp³-hybridized carbons (Fsp3) is 0.471. The molecule has 0 spiro atoms. The van der Waals surface area contributed by atoms with Gasteiger partial charge in [-0.3, -0.25) is 9.58 Å². The van der Waals surface area contributed by atoms with Crippen LogP contribution in [0.25, 0.3) is 11.1 Å². The monoisotopic (exact) mass is 696 g/mol. The number of hydrogen-bond acceptors (Lipinski definition) is 14. The third kappa shape index (κ3) is 8.41.